The second-order valence-corrected chi connectivity index (χ2v) is 17.6. The molecule has 4 fully saturated rings. The minimum absolute atomic E-state index is 0.0154. The maximum Gasteiger partial charge on any atom is 0.320 e. The van der Waals surface area contributed by atoms with Crippen molar-refractivity contribution in [3.05, 3.63) is 36.5 Å². The molecule has 0 aromatic carbocycles. The van der Waals surface area contributed by atoms with E-state index in [2.05, 4.69) is 22.2 Å². The predicted molar refractivity (Wildman–Crippen MR) is 226 cm³/mol. The first-order chi connectivity index (χ1) is 28.7. The topological polar surface area (TPSA) is 257 Å². The van der Waals surface area contributed by atoms with Crippen LogP contribution in [0.1, 0.15) is 92.9 Å². The van der Waals surface area contributed by atoms with E-state index in [1.165, 1.54) is 7.11 Å². The van der Waals surface area contributed by atoms with Gasteiger partial charge in [0.25, 0.3) is 5.91 Å². The first kappa shape index (κ1) is 50.6. The molecular weight excluding hydrogens is 794 g/mol. The summed E-state index contributed by atoms with van der Waals surface area (Å²) in [6.07, 6.45) is 4.78. The molecule has 0 spiro atoms. The highest BCUT2D eigenvalue weighted by Crippen LogP contribution is 2.44. The quantitative estimate of drug-likeness (QED) is 0.0271. The zero-order chi connectivity index (χ0) is 45.1. The van der Waals surface area contributed by atoms with Gasteiger partial charge in [-0.15, -0.1) is 0 Å². The summed E-state index contributed by atoms with van der Waals surface area (Å²) in [5.74, 6) is -4.07. The number of ether oxygens (including phenoxy) is 8. The molecule has 61 heavy (non-hydrogen) atoms. The predicted octanol–water partition coefficient (Wildman–Crippen LogP) is 2.36. The van der Waals surface area contributed by atoms with Crippen molar-refractivity contribution in [1.29, 1.82) is 0 Å². The molecule has 18 nitrogen and oxygen atoms in total. The molecule has 1 amide bonds. The number of carboxylic acids is 1. The first-order valence-corrected chi connectivity index (χ1v) is 21.4. The Bertz CT molecular complexity index is 1540. The van der Waals surface area contributed by atoms with Crippen LogP contribution in [0.3, 0.4) is 0 Å². The van der Waals surface area contributed by atoms with Crippen LogP contribution in [0, 0.1) is 11.3 Å². The number of aliphatic imine (C=N–C) groups is 1. The van der Waals surface area contributed by atoms with Gasteiger partial charge in [0.15, 0.2) is 24.1 Å². The van der Waals surface area contributed by atoms with Crippen molar-refractivity contribution in [3.63, 3.8) is 0 Å². The van der Waals surface area contributed by atoms with E-state index in [1.807, 2.05) is 65.8 Å². The number of aliphatic hydroxyl groups excluding tert-OH is 2. The van der Waals surface area contributed by atoms with Gasteiger partial charge in [-0.25, -0.2) is 0 Å². The SMILES string of the molecule is C=C1C[C@](OC)([C@H](O)C(=O)N[C@H]2OCO[C@H]3[C@@H]2O[C@H](C[C@H](O)CCC[C@@H]2OC(C)(C)O[C@@H]2C/C=C/C=C/CN[C@@H](CCCN=C(N)N)C(=O)O)C(C)(C)[C@@H]3OC)O[C@H](C)[C@@H]1C. The van der Waals surface area contributed by atoms with Gasteiger partial charge in [0, 0.05) is 51.5 Å². The van der Waals surface area contributed by atoms with Gasteiger partial charge >= 0.3 is 5.97 Å². The third kappa shape index (κ3) is 13.5. The summed E-state index contributed by atoms with van der Waals surface area (Å²) in [5.41, 5.74) is 10.9. The van der Waals surface area contributed by atoms with Crippen LogP contribution in [-0.2, 0) is 47.5 Å². The van der Waals surface area contributed by atoms with Crippen molar-refractivity contribution in [3.8, 4) is 0 Å². The van der Waals surface area contributed by atoms with Gasteiger partial charge in [-0.3, -0.25) is 14.6 Å². The molecule has 0 bridgehead atoms. The molecule has 4 saturated heterocycles. The normalized spacial score (nSPS) is 33.9. The largest absolute Gasteiger partial charge is 0.480 e. The maximum atomic E-state index is 13.6. The van der Waals surface area contributed by atoms with E-state index in [0.717, 1.165) is 5.57 Å². The van der Waals surface area contributed by atoms with Gasteiger partial charge in [0.2, 0.25) is 5.79 Å². The summed E-state index contributed by atoms with van der Waals surface area (Å²) in [4.78, 5) is 29.1. The molecule has 0 aliphatic carbocycles. The van der Waals surface area contributed by atoms with Crippen LogP contribution >= 0.6 is 0 Å². The lowest BCUT2D eigenvalue weighted by atomic mass is 9.72. The number of carbonyl (C=O) groups is 2. The molecule has 4 heterocycles. The lowest BCUT2D eigenvalue weighted by Gasteiger charge is -2.54. The minimum Gasteiger partial charge on any atom is -0.480 e. The summed E-state index contributed by atoms with van der Waals surface area (Å²) < 4.78 is 48.7. The second kappa shape index (κ2) is 22.6. The number of guanidine groups is 1. The minimum atomic E-state index is -1.70. The Kier molecular flexibility index (Phi) is 18.7. The molecule has 9 N–H and O–H groups in total. The molecule has 4 aliphatic heterocycles. The number of carboxylic acid groups (broad SMARTS) is 1. The average Bonchev–Trinajstić information content (AvgIpc) is 3.49. The Hall–Kier alpha value is -3.01. The Morgan fingerprint density at radius 3 is 2.36 bits per heavy atom. The highest BCUT2D eigenvalue weighted by Gasteiger charge is 2.57. The smallest absolute Gasteiger partial charge is 0.320 e. The number of hydrogen-bond donors (Lipinski definition) is 7. The molecule has 348 valence electrons. The fraction of sp³-hybridized carbons (Fsp3) is 0.791. The maximum absolute atomic E-state index is 13.6. The van der Waals surface area contributed by atoms with Gasteiger partial charge in [0.1, 0.15) is 25.0 Å². The Labute approximate surface area is 360 Å². The molecule has 4 rings (SSSR count). The molecule has 0 radical (unpaired) electrons. The molecule has 0 unspecified atom stereocenters. The van der Waals surface area contributed by atoms with Gasteiger partial charge in [-0.05, 0) is 59.3 Å². The van der Waals surface area contributed by atoms with Crippen molar-refractivity contribution in [2.24, 2.45) is 27.8 Å². The van der Waals surface area contributed by atoms with Gasteiger partial charge < -0.3 is 75.3 Å². The van der Waals surface area contributed by atoms with E-state index in [1.54, 1.807) is 7.11 Å². The zero-order valence-corrected chi connectivity index (χ0v) is 37.2. The average molecular weight is 868 g/mol. The van der Waals surface area contributed by atoms with E-state index < -0.39 is 77.8 Å². The standard InChI is InChI=1S/C43H73N5O13/c1-25-23-43(55-9,59-27(3)26(25)2)35(50)37(51)48-38-34-33(56-24-57-38)36(54-8)41(4,5)32(58-34)22-28(49)16-14-19-31-30(60-42(6,7)61-31)18-12-10-11-13-20-46-29(39(52)53)17-15-21-47-40(44)45/h10-13,26-36,38,46,49-50H,1,14-24H2,2-9H3,(H,48,51)(H,52,53)(H4,44,45,47)/b12-10+,13-11+/t26-,27-,28-,29+,30-,31+,32-,33+,34+,35-,36-,38+,43-/m1/s1. The van der Waals surface area contributed by atoms with Gasteiger partial charge in [-0.2, -0.15) is 0 Å². The van der Waals surface area contributed by atoms with Crippen molar-refractivity contribution >= 4 is 17.8 Å². The number of fused-ring (bicyclic) bond motifs is 1. The second-order valence-electron chi connectivity index (χ2n) is 17.6. The Morgan fingerprint density at radius 2 is 1.70 bits per heavy atom. The number of aliphatic hydroxyl groups is 2. The van der Waals surface area contributed by atoms with E-state index in [4.69, 9.17) is 49.4 Å². The number of carbonyl (C=O) groups excluding carboxylic acids is 1. The fourth-order valence-electron chi connectivity index (χ4n) is 8.67. The number of allylic oxidation sites excluding steroid dienone is 2. The van der Waals surface area contributed by atoms with Crippen LogP contribution < -0.4 is 22.1 Å². The summed E-state index contributed by atoms with van der Waals surface area (Å²) in [6, 6.07) is -0.708. The lowest BCUT2D eigenvalue weighted by Crippen LogP contribution is -2.69. The number of rotatable bonds is 22. The first-order valence-electron chi connectivity index (χ1n) is 21.4. The monoisotopic (exact) mass is 868 g/mol. The number of methoxy groups -OCH3 is 2. The van der Waals surface area contributed by atoms with E-state index in [9.17, 15) is 24.9 Å². The third-order valence-electron chi connectivity index (χ3n) is 12.3. The van der Waals surface area contributed by atoms with Crippen molar-refractivity contribution in [2.45, 2.75) is 172 Å². The van der Waals surface area contributed by atoms with Crippen LogP contribution in [0.25, 0.3) is 0 Å². The number of nitrogens with two attached hydrogens (primary N) is 2. The van der Waals surface area contributed by atoms with Crippen LogP contribution in [0.15, 0.2) is 41.4 Å². The summed E-state index contributed by atoms with van der Waals surface area (Å²) in [5, 5.41) is 38.0. The Morgan fingerprint density at radius 1 is 1.00 bits per heavy atom. The van der Waals surface area contributed by atoms with Crippen molar-refractivity contribution in [1.82, 2.24) is 10.6 Å². The van der Waals surface area contributed by atoms with Crippen molar-refractivity contribution in [2.75, 3.05) is 34.1 Å². The summed E-state index contributed by atoms with van der Waals surface area (Å²) in [6.45, 7) is 16.3. The molecule has 0 aromatic heterocycles. The number of aliphatic carboxylic acids is 1. The van der Waals surface area contributed by atoms with Crippen LogP contribution in [0.5, 0.6) is 0 Å². The fourth-order valence-corrected chi connectivity index (χ4v) is 8.67. The van der Waals surface area contributed by atoms with E-state index in [0.29, 0.717) is 51.6 Å². The van der Waals surface area contributed by atoms with Crippen LogP contribution in [0.4, 0.5) is 0 Å². The number of nitrogens with zero attached hydrogens (tertiary/aromatic N) is 1. The van der Waals surface area contributed by atoms with Crippen LogP contribution in [0.2, 0.25) is 0 Å². The molecule has 4 aliphatic rings. The van der Waals surface area contributed by atoms with Gasteiger partial charge in [0.05, 0.1) is 36.6 Å². The lowest BCUT2D eigenvalue weighted by molar-refractivity contribution is -0.332. The highest BCUT2D eigenvalue weighted by atomic mass is 16.8. The summed E-state index contributed by atoms with van der Waals surface area (Å²) in [7, 11) is 2.98. The molecule has 13 atom stereocenters. The molecule has 0 saturated carbocycles. The third-order valence-corrected chi connectivity index (χ3v) is 12.3. The number of nitrogens with one attached hydrogen (secondary N) is 2. The van der Waals surface area contributed by atoms with E-state index in [-0.39, 0.29) is 49.8 Å². The van der Waals surface area contributed by atoms with Crippen LogP contribution in [-0.4, -0.2) is 146 Å². The molecular formula is C43H73N5O13. The zero-order valence-electron chi connectivity index (χ0n) is 37.2. The van der Waals surface area contributed by atoms with Crippen molar-refractivity contribution < 1.29 is 62.8 Å². The number of amides is 1. The van der Waals surface area contributed by atoms with Gasteiger partial charge in [-0.1, -0.05) is 57.2 Å². The highest BCUT2D eigenvalue weighted by molar-refractivity contribution is 5.82. The molecule has 0 aromatic rings. The summed E-state index contributed by atoms with van der Waals surface area (Å²) >= 11 is 0. The molecule has 18 heteroatoms. The van der Waals surface area contributed by atoms with E-state index >= 15 is 0 Å². The number of hydrogen-bond acceptors (Lipinski definition) is 14. The Balaban J connectivity index is 1.29.